The SMILES string of the molecule is c1ccc(-c2cnc(Cn3ccc(C4CC4)n3)o2)cc1. The predicted octanol–water partition coefficient (Wildman–Crippen LogP) is 3.46. The lowest BCUT2D eigenvalue weighted by Crippen LogP contribution is -2.00. The van der Waals surface area contributed by atoms with Gasteiger partial charge in [0.1, 0.15) is 6.54 Å². The van der Waals surface area contributed by atoms with Crippen molar-refractivity contribution in [3.63, 3.8) is 0 Å². The van der Waals surface area contributed by atoms with Crippen molar-refractivity contribution in [2.24, 2.45) is 0 Å². The zero-order valence-corrected chi connectivity index (χ0v) is 11.1. The first-order valence-corrected chi connectivity index (χ1v) is 6.92. The van der Waals surface area contributed by atoms with Crippen LogP contribution in [0.2, 0.25) is 0 Å². The summed E-state index contributed by atoms with van der Waals surface area (Å²) in [6.07, 6.45) is 6.32. The van der Waals surface area contributed by atoms with E-state index >= 15 is 0 Å². The number of nitrogens with zero attached hydrogens (tertiary/aromatic N) is 3. The largest absolute Gasteiger partial charge is 0.439 e. The molecule has 4 rings (SSSR count). The summed E-state index contributed by atoms with van der Waals surface area (Å²) in [6, 6.07) is 12.1. The van der Waals surface area contributed by atoms with Gasteiger partial charge in [0.25, 0.3) is 0 Å². The van der Waals surface area contributed by atoms with Gasteiger partial charge in [-0.25, -0.2) is 4.98 Å². The maximum atomic E-state index is 5.79. The van der Waals surface area contributed by atoms with Gasteiger partial charge in [-0.05, 0) is 18.9 Å². The van der Waals surface area contributed by atoms with E-state index in [4.69, 9.17) is 4.42 Å². The van der Waals surface area contributed by atoms with E-state index in [0.29, 0.717) is 18.4 Å². The minimum atomic E-state index is 0.583. The Kier molecular flexibility index (Phi) is 2.66. The molecule has 0 bridgehead atoms. The van der Waals surface area contributed by atoms with E-state index < -0.39 is 0 Å². The van der Waals surface area contributed by atoms with Crippen molar-refractivity contribution in [1.29, 1.82) is 0 Å². The van der Waals surface area contributed by atoms with E-state index in [9.17, 15) is 0 Å². The zero-order chi connectivity index (χ0) is 13.4. The molecule has 0 radical (unpaired) electrons. The summed E-state index contributed by atoms with van der Waals surface area (Å²) in [6.45, 7) is 0.583. The van der Waals surface area contributed by atoms with Crippen LogP contribution >= 0.6 is 0 Å². The van der Waals surface area contributed by atoms with Crippen molar-refractivity contribution in [3.05, 3.63) is 60.4 Å². The minimum Gasteiger partial charge on any atom is -0.439 e. The van der Waals surface area contributed by atoms with Gasteiger partial charge in [-0.3, -0.25) is 4.68 Å². The number of rotatable bonds is 4. The fraction of sp³-hybridized carbons (Fsp3) is 0.250. The van der Waals surface area contributed by atoms with Crippen LogP contribution in [0.4, 0.5) is 0 Å². The Balaban J connectivity index is 1.52. The van der Waals surface area contributed by atoms with E-state index in [0.717, 1.165) is 11.3 Å². The van der Waals surface area contributed by atoms with Crippen molar-refractivity contribution in [3.8, 4) is 11.3 Å². The molecule has 1 aromatic carbocycles. The fourth-order valence-electron chi connectivity index (χ4n) is 2.32. The molecule has 0 spiro atoms. The van der Waals surface area contributed by atoms with Gasteiger partial charge >= 0.3 is 0 Å². The van der Waals surface area contributed by atoms with Gasteiger partial charge in [-0.2, -0.15) is 5.10 Å². The number of hydrogen-bond acceptors (Lipinski definition) is 3. The molecule has 2 heterocycles. The lowest BCUT2D eigenvalue weighted by atomic mass is 10.2. The summed E-state index contributed by atoms with van der Waals surface area (Å²) in [5, 5.41) is 4.57. The van der Waals surface area contributed by atoms with E-state index in [-0.39, 0.29) is 0 Å². The molecule has 0 amide bonds. The van der Waals surface area contributed by atoms with E-state index in [1.54, 1.807) is 6.20 Å². The topological polar surface area (TPSA) is 43.9 Å². The maximum Gasteiger partial charge on any atom is 0.216 e. The first-order valence-electron chi connectivity index (χ1n) is 6.92. The second kappa shape index (κ2) is 4.63. The lowest BCUT2D eigenvalue weighted by Gasteiger charge is -1.97. The second-order valence-electron chi connectivity index (χ2n) is 5.20. The van der Waals surface area contributed by atoms with Crippen molar-refractivity contribution in [1.82, 2.24) is 14.8 Å². The molecule has 1 aliphatic rings. The minimum absolute atomic E-state index is 0.583. The molecule has 1 fully saturated rings. The number of aromatic nitrogens is 3. The molecule has 0 unspecified atom stereocenters. The molecule has 3 aromatic rings. The molecule has 4 nitrogen and oxygen atoms in total. The average Bonchev–Trinajstić information content (AvgIpc) is 3.06. The first kappa shape index (κ1) is 11.5. The van der Waals surface area contributed by atoms with Crippen LogP contribution in [0, 0.1) is 0 Å². The molecule has 20 heavy (non-hydrogen) atoms. The Bertz CT molecular complexity index is 710. The number of hydrogen-bond donors (Lipinski definition) is 0. The molecule has 4 heteroatoms. The molecular weight excluding hydrogens is 250 g/mol. The van der Waals surface area contributed by atoms with Crippen molar-refractivity contribution < 1.29 is 4.42 Å². The van der Waals surface area contributed by atoms with Crippen LogP contribution in [0.1, 0.15) is 30.3 Å². The summed E-state index contributed by atoms with van der Waals surface area (Å²) >= 11 is 0. The quantitative estimate of drug-likeness (QED) is 0.725. The van der Waals surface area contributed by atoms with Crippen LogP contribution in [0.25, 0.3) is 11.3 Å². The van der Waals surface area contributed by atoms with Crippen LogP contribution in [0.5, 0.6) is 0 Å². The highest BCUT2D eigenvalue weighted by molar-refractivity contribution is 5.55. The number of oxazole rings is 1. The normalized spacial score (nSPS) is 14.6. The third-order valence-electron chi connectivity index (χ3n) is 3.57. The second-order valence-corrected chi connectivity index (χ2v) is 5.20. The van der Waals surface area contributed by atoms with Crippen LogP contribution in [-0.4, -0.2) is 14.8 Å². The molecule has 2 aromatic heterocycles. The summed E-state index contributed by atoms with van der Waals surface area (Å²) in [5.74, 6) is 2.17. The first-order chi connectivity index (χ1) is 9.88. The van der Waals surface area contributed by atoms with Gasteiger partial charge in [0.15, 0.2) is 5.76 Å². The Morgan fingerprint density at radius 3 is 2.80 bits per heavy atom. The average molecular weight is 265 g/mol. The molecular formula is C16H15N3O. The Morgan fingerprint density at radius 2 is 2.00 bits per heavy atom. The van der Waals surface area contributed by atoms with Crippen LogP contribution in [0.15, 0.2) is 53.2 Å². The van der Waals surface area contributed by atoms with Crippen LogP contribution in [0.3, 0.4) is 0 Å². The van der Waals surface area contributed by atoms with Crippen molar-refractivity contribution in [2.45, 2.75) is 25.3 Å². The van der Waals surface area contributed by atoms with Gasteiger partial charge in [0.2, 0.25) is 5.89 Å². The molecule has 0 atom stereocenters. The van der Waals surface area contributed by atoms with Gasteiger partial charge in [0.05, 0.1) is 11.9 Å². The van der Waals surface area contributed by atoms with E-state index in [2.05, 4.69) is 16.1 Å². The Labute approximate surface area is 117 Å². The van der Waals surface area contributed by atoms with E-state index in [1.807, 2.05) is 41.2 Å². The lowest BCUT2D eigenvalue weighted by molar-refractivity contribution is 0.473. The monoisotopic (exact) mass is 265 g/mol. The summed E-state index contributed by atoms with van der Waals surface area (Å²) < 4.78 is 7.68. The number of benzene rings is 1. The third-order valence-corrected chi connectivity index (χ3v) is 3.57. The molecule has 100 valence electrons. The highest BCUT2D eigenvalue weighted by atomic mass is 16.4. The molecule has 0 aliphatic heterocycles. The maximum absolute atomic E-state index is 5.79. The highest BCUT2D eigenvalue weighted by Gasteiger charge is 2.25. The Morgan fingerprint density at radius 1 is 1.15 bits per heavy atom. The molecule has 1 saturated carbocycles. The molecule has 0 N–H and O–H groups in total. The Hall–Kier alpha value is -2.36. The van der Waals surface area contributed by atoms with E-state index in [1.165, 1.54) is 18.5 Å². The summed E-state index contributed by atoms with van der Waals surface area (Å²) in [7, 11) is 0. The standard InChI is InChI=1S/C16H15N3O/c1-2-4-13(5-3-1)15-10-17-16(20-15)11-19-9-8-14(18-19)12-6-7-12/h1-5,8-10,12H,6-7,11H2. The van der Waals surface area contributed by atoms with Gasteiger partial charge < -0.3 is 4.42 Å². The van der Waals surface area contributed by atoms with Gasteiger partial charge in [-0.15, -0.1) is 0 Å². The van der Waals surface area contributed by atoms with Crippen molar-refractivity contribution >= 4 is 0 Å². The van der Waals surface area contributed by atoms with Gasteiger partial charge in [-0.1, -0.05) is 30.3 Å². The van der Waals surface area contributed by atoms with Crippen LogP contribution in [-0.2, 0) is 6.54 Å². The molecule has 0 saturated heterocycles. The third kappa shape index (κ3) is 2.25. The smallest absolute Gasteiger partial charge is 0.216 e. The summed E-state index contributed by atoms with van der Waals surface area (Å²) in [5.41, 5.74) is 2.24. The molecule has 1 aliphatic carbocycles. The van der Waals surface area contributed by atoms with Gasteiger partial charge in [0, 0.05) is 17.7 Å². The fourth-order valence-corrected chi connectivity index (χ4v) is 2.32. The zero-order valence-electron chi connectivity index (χ0n) is 11.1. The predicted molar refractivity (Wildman–Crippen MR) is 75.2 cm³/mol. The van der Waals surface area contributed by atoms with Crippen LogP contribution < -0.4 is 0 Å². The van der Waals surface area contributed by atoms with Crippen molar-refractivity contribution in [2.75, 3.05) is 0 Å². The summed E-state index contributed by atoms with van der Waals surface area (Å²) in [4.78, 5) is 4.33. The highest BCUT2D eigenvalue weighted by Crippen LogP contribution is 2.38.